The first kappa shape index (κ1) is 22.8. The van der Waals surface area contributed by atoms with Gasteiger partial charge >= 0.3 is 12.1 Å². The number of fused-ring (bicyclic) bond motifs is 3. The van der Waals surface area contributed by atoms with Crippen LogP contribution in [0.5, 0.6) is 0 Å². The summed E-state index contributed by atoms with van der Waals surface area (Å²) in [6, 6.07) is 16.2. The first-order valence-corrected chi connectivity index (χ1v) is 11.1. The monoisotopic (exact) mass is 452 g/mol. The molecule has 0 radical (unpaired) electrons. The van der Waals surface area contributed by atoms with Gasteiger partial charge in [-0.3, -0.25) is 9.59 Å². The number of hydrogen-bond acceptors (Lipinski definition) is 5. The van der Waals surface area contributed by atoms with Gasteiger partial charge in [0.2, 0.25) is 5.91 Å². The van der Waals surface area contributed by atoms with Crippen LogP contribution >= 0.6 is 0 Å². The lowest BCUT2D eigenvalue weighted by Crippen LogP contribution is -2.44. The molecule has 2 aromatic rings. The normalized spacial score (nSPS) is 18.6. The van der Waals surface area contributed by atoms with Gasteiger partial charge in [0.05, 0.1) is 25.0 Å². The lowest BCUT2D eigenvalue weighted by Gasteiger charge is -2.25. The van der Waals surface area contributed by atoms with Crippen LogP contribution in [0.3, 0.4) is 0 Å². The van der Waals surface area contributed by atoms with E-state index in [0.29, 0.717) is 13.2 Å². The van der Waals surface area contributed by atoms with E-state index < -0.39 is 23.9 Å². The van der Waals surface area contributed by atoms with E-state index in [2.05, 4.69) is 29.6 Å². The molecule has 1 aliphatic carbocycles. The molecule has 2 atom stereocenters. The number of alkyl carbamates (subject to hydrolysis) is 1. The Labute approximate surface area is 192 Å². The minimum Gasteiger partial charge on any atom is -0.481 e. The summed E-state index contributed by atoms with van der Waals surface area (Å²) in [6.07, 6.45) is -0.584. The smallest absolute Gasteiger partial charge is 0.407 e. The van der Waals surface area contributed by atoms with Crippen molar-refractivity contribution in [1.82, 2.24) is 10.2 Å². The molecule has 4 rings (SSSR count). The quantitative estimate of drug-likeness (QED) is 0.698. The number of ether oxygens (including phenoxy) is 2. The fourth-order valence-electron chi connectivity index (χ4n) is 4.44. The first-order valence-electron chi connectivity index (χ1n) is 11.1. The third-order valence-corrected chi connectivity index (χ3v) is 6.24. The molecule has 0 saturated carbocycles. The minimum atomic E-state index is -0.987. The molecule has 1 fully saturated rings. The van der Waals surface area contributed by atoms with Gasteiger partial charge in [-0.05, 0) is 22.3 Å². The van der Waals surface area contributed by atoms with Crippen molar-refractivity contribution in [2.24, 2.45) is 11.8 Å². The average molecular weight is 453 g/mol. The summed E-state index contributed by atoms with van der Waals surface area (Å²) in [6.45, 7) is 2.82. The number of rotatable bonds is 6. The number of benzene rings is 2. The Morgan fingerprint density at radius 2 is 1.76 bits per heavy atom. The Kier molecular flexibility index (Phi) is 6.93. The van der Waals surface area contributed by atoms with Gasteiger partial charge in [-0.15, -0.1) is 0 Å². The summed E-state index contributed by atoms with van der Waals surface area (Å²) in [5.74, 6) is -2.51. The van der Waals surface area contributed by atoms with Gasteiger partial charge in [0.1, 0.15) is 6.61 Å². The van der Waals surface area contributed by atoms with E-state index in [4.69, 9.17) is 9.47 Å². The van der Waals surface area contributed by atoms with E-state index >= 15 is 0 Å². The number of amides is 2. The van der Waals surface area contributed by atoms with E-state index in [0.717, 1.165) is 22.3 Å². The molecule has 2 aliphatic rings. The summed E-state index contributed by atoms with van der Waals surface area (Å²) in [5.41, 5.74) is 4.57. The largest absolute Gasteiger partial charge is 0.481 e. The minimum absolute atomic E-state index is 0.0349. The first-order chi connectivity index (χ1) is 16.0. The Balaban J connectivity index is 1.30. The molecule has 2 unspecified atom stereocenters. The van der Waals surface area contributed by atoms with Gasteiger partial charge in [0.25, 0.3) is 0 Å². The van der Waals surface area contributed by atoms with Crippen molar-refractivity contribution in [3.8, 4) is 11.1 Å². The third kappa shape index (κ3) is 5.01. The zero-order valence-corrected chi connectivity index (χ0v) is 18.5. The molecule has 2 N–H and O–H groups in total. The standard InChI is InChI=1S/C25H28N2O6/c1-16(23(28)27-10-11-32-14-17(13-27)24(29)30)12-26-25(31)33-15-22-20-8-4-2-6-18(20)19-7-3-5-9-21(19)22/h2-9,16-17,22H,10-15H2,1H3,(H,26,31)(H,29,30). The molecule has 0 aromatic heterocycles. The van der Waals surface area contributed by atoms with Gasteiger partial charge in [-0.2, -0.15) is 0 Å². The molecule has 8 heteroatoms. The summed E-state index contributed by atoms with van der Waals surface area (Å²) in [4.78, 5) is 37.9. The number of aliphatic carboxylic acids is 1. The zero-order valence-electron chi connectivity index (χ0n) is 18.5. The maximum absolute atomic E-state index is 12.8. The van der Waals surface area contributed by atoms with Crippen molar-refractivity contribution >= 4 is 18.0 Å². The van der Waals surface area contributed by atoms with Crippen molar-refractivity contribution in [3.05, 3.63) is 59.7 Å². The van der Waals surface area contributed by atoms with Crippen molar-refractivity contribution in [1.29, 1.82) is 0 Å². The summed E-state index contributed by atoms with van der Waals surface area (Å²) in [5, 5.41) is 11.9. The van der Waals surface area contributed by atoms with Crippen molar-refractivity contribution in [2.75, 3.05) is 39.5 Å². The van der Waals surface area contributed by atoms with Gasteiger partial charge in [0, 0.05) is 25.6 Å². The van der Waals surface area contributed by atoms with E-state index in [9.17, 15) is 19.5 Å². The molecule has 1 saturated heterocycles. The van der Waals surface area contributed by atoms with E-state index in [1.165, 1.54) is 4.90 Å². The van der Waals surface area contributed by atoms with Crippen molar-refractivity contribution < 1.29 is 29.0 Å². The predicted octanol–water partition coefficient (Wildman–Crippen LogP) is 2.72. The fraction of sp³-hybridized carbons (Fsp3) is 0.400. The highest BCUT2D eigenvalue weighted by molar-refractivity contribution is 5.81. The molecule has 0 spiro atoms. The van der Waals surface area contributed by atoms with Crippen molar-refractivity contribution in [3.63, 3.8) is 0 Å². The SMILES string of the molecule is CC(CNC(=O)OCC1c2ccccc2-c2ccccc21)C(=O)N1CCOCC(C(=O)O)C1. The van der Waals surface area contributed by atoms with Gasteiger partial charge in [-0.1, -0.05) is 55.5 Å². The number of carbonyl (C=O) groups excluding carboxylic acids is 2. The van der Waals surface area contributed by atoms with Crippen molar-refractivity contribution in [2.45, 2.75) is 12.8 Å². The van der Waals surface area contributed by atoms with Crippen LogP contribution < -0.4 is 5.32 Å². The summed E-state index contributed by atoms with van der Waals surface area (Å²) < 4.78 is 10.8. The second-order valence-corrected chi connectivity index (χ2v) is 8.50. The topological polar surface area (TPSA) is 105 Å². The van der Waals surface area contributed by atoms with Crippen LogP contribution in [0.25, 0.3) is 11.1 Å². The summed E-state index contributed by atoms with van der Waals surface area (Å²) in [7, 11) is 0. The second kappa shape index (κ2) is 10.0. The Hall–Kier alpha value is -3.39. The molecule has 2 amide bonds. The van der Waals surface area contributed by atoms with Crippen LogP contribution in [0, 0.1) is 11.8 Å². The number of carboxylic acid groups (broad SMARTS) is 1. The van der Waals surface area contributed by atoms with E-state index in [1.807, 2.05) is 24.3 Å². The van der Waals surface area contributed by atoms with E-state index in [1.54, 1.807) is 6.92 Å². The van der Waals surface area contributed by atoms with Crippen LogP contribution in [-0.2, 0) is 19.1 Å². The average Bonchev–Trinajstić information content (AvgIpc) is 2.96. The molecule has 1 heterocycles. The molecule has 8 nitrogen and oxygen atoms in total. The third-order valence-electron chi connectivity index (χ3n) is 6.24. The Morgan fingerprint density at radius 1 is 1.12 bits per heavy atom. The lowest BCUT2D eigenvalue weighted by atomic mass is 9.98. The Bertz CT molecular complexity index is 994. The number of carbonyl (C=O) groups is 3. The molecule has 1 aliphatic heterocycles. The van der Waals surface area contributed by atoms with Crippen LogP contribution in [0.1, 0.15) is 24.0 Å². The number of nitrogens with zero attached hydrogens (tertiary/aromatic N) is 1. The maximum atomic E-state index is 12.8. The molecule has 2 aromatic carbocycles. The van der Waals surface area contributed by atoms with Gasteiger partial charge < -0.3 is 24.8 Å². The highest BCUT2D eigenvalue weighted by Crippen LogP contribution is 2.44. The molecular formula is C25H28N2O6. The van der Waals surface area contributed by atoms with Gasteiger partial charge in [0.15, 0.2) is 0 Å². The number of hydrogen-bond donors (Lipinski definition) is 2. The lowest BCUT2D eigenvalue weighted by molar-refractivity contribution is -0.144. The van der Waals surface area contributed by atoms with Crippen LogP contribution in [0.2, 0.25) is 0 Å². The zero-order chi connectivity index (χ0) is 23.4. The van der Waals surface area contributed by atoms with E-state index in [-0.39, 0.29) is 38.1 Å². The highest BCUT2D eigenvalue weighted by Gasteiger charge is 2.31. The van der Waals surface area contributed by atoms with Crippen LogP contribution in [0.15, 0.2) is 48.5 Å². The molecule has 33 heavy (non-hydrogen) atoms. The fourth-order valence-corrected chi connectivity index (χ4v) is 4.44. The number of nitrogens with one attached hydrogen (secondary N) is 1. The van der Waals surface area contributed by atoms with Crippen LogP contribution in [-0.4, -0.2) is 67.4 Å². The maximum Gasteiger partial charge on any atom is 0.407 e. The highest BCUT2D eigenvalue weighted by atomic mass is 16.5. The number of carboxylic acids is 1. The Morgan fingerprint density at radius 3 is 2.39 bits per heavy atom. The molecule has 174 valence electrons. The van der Waals surface area contributed by atoms with Crippen LogP contribution in [0.4, 0.5) is 4.79 Å². The predicted molar refractivity (Wildman–Crippen MR) is 121 cm³/mol. The van der Waals surface area contributed by atoms with Gasteiger partial charge in [-0.25, -0.2) is 4.79 Å². The molecular weight excluding hydrogens is 424 g/mol. The summed E-state index contributed by atoms with van der Waals surface area (Å²) >= 11 is 0. The molecule has 0 bridgehead atoms. The second-order valence-electron chi connectivity index (χ2n) is 8.50.